The number of ether oxygens (including phenoxy) is 2. The second-order valence-electron chi connectivity index (χ2n) is 4.59. The number of hydrazine groups is 1. The molecule has 4 nitrogen and oxygen atoms in total. The first-order valence-electron chi connectivity index (χ1n) is 6.53. The summed E-state index contributed by atoms with van der Waals surface area (Å²) < 4.78 is 11.1. The molecular weight excluding hydrogens is 252 g/mol. The van der Waals surface area contributed by atoms with Crippen LogP contribution in [0.5, 0.6) is 11.5 Å². The molecule has 0 saturated carbocycles. The Balaban J connectivity index is 2.14. The van der Waals surface area contributed by atoms with Gasteiger partial charge in [-0.25, -0.2) is 5.43 Å². The lowest BCUT2D eigenvalue weighted by Crippen LogP contribution is -2.32. The van der Waals surface area contributed by atoms with E-state index in [0.29, 0.717) is 6.61 Å². The van der Waals surface area contributed by atoms with E-state index >= 15 is 0 Å². The van der Waals surface area contributed by atoms with Crippen molar-refractivity contribution in [2.24, 2.45) is 5.84 Å². The van der Waals surface area contributed by atoms with Crippen LogP contribution in [-0.4, -0.2) is 13.7 Å². The van der Waals surface area contributed by atoms with Gasteiger partial charge in [-0.3, -0.25) is 5.84 Å². The largest absolute Gasteiger partial charge is 0.496 e. The summed E-state index contributed by atoms with van der Waals surface area (Å²) in [6.07, 6.45) is 0. The maximum Gasteiger partial charge on any atom is 0.123 e. The highest BCUT2D eigenvalue weighted by Crippen LogP contribution is 2.26. The topological polar surface area (TPSA) is 56.5 Å². The molecule has 0 aliphatic rings. The van der Waals surface area contributed by atoms with Crippen LogP contribution in [0.1, 0.15) is 17.2 Å². The van der Waals surface area contributed by atoms with E-state index in [0.717, 1.165) is 22.6 Å². The highest BCUT2D eigenvalue weighted by atomic mass is 16.5. The molecule has 0 saturated heterocycles. The Labute approximate surface area is 119 Å². The minimum atomic E-state index is -0.134. The molecule has 0 radical (unpaired) electrons. The predicted molar refractivity (Wildman–Crippen MR) is 79.7 cm³/mol. The van der Waals surface area contributed by atoms with E-state index in [1.54, 1.807) is 7.11 Å². The summed E-state index contributed by atoms with van der Waals surface area (Å²) in [6.45, 7) is 2.47. The van der Waals surface area contributed by atoms with Gasteiger partial charge in [-0.15, -0.1) is 0 Å². The van der Waals surface area contributed by atoms with Crippen molar-refractivity contribution in [1.29, 1.82) is 0 Å². The maximum atomic E-state index is 5.75. The summed E-state index contributed by atoms with van der Waals surface area (Å²) in [5.41, 5.74) is 4.93. The lowest BCUT2D eigenvalue weighted by Gasteiger charge is -2.20. The highest BCUT2D eigenvalue weighted by Gasteiger charge is 2.16. The van der Waals surface area contributed by atoms with Gasteiger partial charge in [0, 0.05) is 5.56 Å². The molecule has 2 aromatic carbocycles. The maximum absolute atomic E-state index is 5.75. The van der Waals surface area contributed by atoms with Crippen LogP contribution in [0.25, 0.3) is 0 Å². The molecule has 0 heterocycles. The fourth-order valence-corrected chi connectivity index (χ4v) is 2.05. The van der Waals surface area contributed by atoms with Crippen LogP contribution >= 0.6 is 0 Å². The molecular formula is C16H20N2O2. The van der Waals surface area contributed by atoms with Gasteiger partial charge in [0.15, 0.2) is 0 Å². The van der Waals surface area contributed by atoms with Gasteiger partial charge in [-0.1, -0.05) is 35.9 Å². The Hall–Kier alpha value is -2.04. The van der Waals surface area contributed by atoms with Crippen molar-refractivity contribution in [3.8, 4) is 11.5 Å². The van der Waals surface area contributed by atoms with Crippen LogP contribution in [0.15, 0.2) is 48.5 Å². The Kier molecular flexibility index (Phi) is 4.98. The third kappa shape index (κ3) is 3.50. The molecule has 0 spiro atoms. The third-order valence-electron chi connectivity index (χ3n) is 3.12. The van der Waals surface area contributed by atoms with Crippen molar-refractivity contribution in [2.75, 3.05) is 13.7 Å². The van der Waals surface area contributed by atoms with Gasteiger partial charge in [-0.05, 0) is 25.1 Å². The molecule has 0 aliphatic carbocycles. The van der Waals surface area contributed by atoms with Crippen molar-refractivity contribution < 1.29 is 9.47 Å². The van der Waals surface area contributed by atoms with Gasteiger partial charge in [0.05, 0.1) is 13.2 Å². The molecule has 106 valence electrons. The number of nitrogens with one attached hydrogen (secondary N) is 1. The van der Waals surface area contributed by atoms with Gasteiger partial charge in [0.2, 0.25) is 0 Å². The first-order chi connectivity index (χ1) is 9.74. The number of methoxy groups -OCH3 is 1. The van der Waals surface area contributed by atoms with E-state index < -0.39 is 0 Å². The SMILES string of the molecule is COc1ccc(C)cc1C(COc1ccccc1)NN. The summed E-state index contributed by atoms with van der Waals surface area (Å²) in [6, 6.07) is 15.5. The molecule has 0 bridgehead atoms. The van der Waals surface area contributed by atoms with Crippen LogP contribution in [0.2, 0.25) is 0 Å². The number of aryl methyl sites for hydroxylation is 1. The monoisotopic (exact) mass is 272 g/mol. The average molecular weight is 272 g/mol. The minimum Gasteiger partial charge on any atom is -0.496 e. The fraction of sp³-hybridized carbons (Fsp3) is 0.250. The highest BCUT2D eigenvalue weighted by molar-refractivity contribution is 5.39. The quantitative estimate of drug-likeness (QED) is 0.627. The van der Waals surface area contributed by atoms with Crippen molar-refractivity contribution in [3.63, 3.8) is 0 Å². The second kappa shape index (κ2) is 6.93. The molecule has 0 fully saturated rings. The molecule has 3 N–H and O–H groups in total. The molecule has 0 aromatic heterocycles. The van der Waals surface area contributed by atoms with Crippen molar-refractivity contribution in [1.82, 2.24) is 5.43 Å². The number of hydrogen-bond donors (Lipinski definition) is 2. The first kappa shape index (κ1) is 14.4. The normalized spacial score (nSPS) is 11.9. The third-order valence-corrected chi connectivity index (χ3v) is 3.12. The van der Waals surface area contributed by atoms with Crippen LogP contribution < -0.4 is 20.7 Å². The molecule has 1 unspecified atom stereocenters. The molecule has 0 amide bonds. The first-order valence-corrected chi connectivity index (χ1v) is 6.53. The zero-order valence-corrected chi connectivity index (χ0v) is 11.8. The molecule has 2 rings (SSSR count). The van der Waals surface area contributed by atoms with Crippen LogP contribution in [-0.2, 0) is 0 Å². The van der Waals surface area contributed by atoms with Crippen molar-refractivity contribution in [3.05, 3.63) is 59.7 Å². The van der Waals surface area contributed by atoms with Crippen LogP contribution in [0, 0.1) is 6.92 Å². The Morgan fingerprint density at radius 2 is 1.90 bits per heavy atom. The van der Waals surface area contributed by atoms with Gasteiger partial charge in [0.25, 0.3) is 0 Å². The lowest BCUT2D eigenvalue weighted by molar-refractivity contribution is 0.263. The Morgan fingerprint density at radius 3 is 2.55 bits per heavy atom. The van der Waals surface area contributed by atoms with E-state index in [9.17, 15) is 0 Å². The number of benzene rings is 2. The zero-order valence-electron chi connectivity index (χ0n) is 11.8. The second-order valence-corrected chi connectivity index (χ2v) is 4.59. The summed E-state index contributed by atoms with van der Waals surface area (Å²) in [5.74, 6) is 7.28. The Morgan fingerprint density at radius 1 is 1.15 bits per heavy atom. The summed E-state index contributed by atoms with van der Waals surface area (Å²) in [4.78, 5) is 0. The molecule has 2 aromatic rings. The number of rotatable bonds is 6. The van der Waals surface area contributed by atoms with E-state index in [4.69, 9.17) is 15.3 Å². The average Bonchev–Trinajstić information content (AvgIpc) is 2.49. The summed E-state index contributed by atoms with van der Waals surface area (Å²) in [5, 5.41) is 0. The molecule has 20 heavy (non-hydrogen) atoms. The van der Waals surface area contributed by atoms with Gasteiger partial charge >= 0.3 is 0 Å². The van der Waals surface area contributed by atoms with Gasteiger partial charge in [-0.2, -0.15) is 0 Å². The summed E-state index contributed by atoms with van der Waals surface area (Å²) in [7, 11) is 1.65. The fourth-order valence-electron chi connectivity index (χ4n) is 2.05. The number of hydrogen-bond acceptors (Lipinski definition) is 4. The van der Waals surface area contributed by atoms with Crippen LogP contribution in [0.4, 0.5) is 0 Å². The standard InChI is InChI=1S/C16H20N2O2/c1-12-8-9-16(19-2)14(10-12)15(18-17)11-20-13-6-4-3-5-7-13/h3-10,15,18H,11,17H2,1-2H3. The van der Waals surface area contributed by atoms with E-state index in [-0.39, 0.29) is 6.04 Å². The van der Waals surface area contributed by atoms with Crippen molar-refractivity contribution in [2.45, 2.75) is 13.0 Å². The molecule has 1 atom stereocenters. The van der Waals surface area contributed by atoms with Gasteiger partial charge < -0.3 is 9.47 Å². The van der Waals surface area contributed by atoms with Gasteiger partial charge in [0.1, 0.15) is 18.1 Å². The van der Waals surface area contributed by atoms with E-state index in [1.165, 1.54) is 0 Å². The smallest absolute Gasteiger partial charge is 0.123 e. The van der Waals surface area contributed by atoms with E-state index in [2.05, 4.69) is 11.5 Å². The molecule has 0 aliphatic heterocycles. The van der Waals surface area contributed by atoms with E-state index in [1.807, 2.05) is 49.4 Å². The minimum absolute atomic E-state index is 0.134. The number of nitrogens with two attached hydrogens (primary N) is 1. The van der Waals surface area contributed by atoms with Crippen LogP contribution in [0.3, 0.4) is 0 Å². The van der Waals surface area contributed by atoms with Crippen molar-refractivity contribution >= 4 is 0 Å². The summed E-state index contributed by atoms with van der Waals surface area (Å²) >= 11 is 0. The zero-order chi connectivity index (χ0) is 14.4. The lowest BCUT2D eigenvalue weighted by atomic mass is 10.0. The Bertz CT molecular complexity index is 543. The molecule has 4 heteroatoms. The predicted octanol–water partition coefficient (Wildman–Crippen LogP) is 2.59. The number of para-hydroxylation sites is 1.